The van der Waals surface area contributed by atoms with E-state index >= 15 is 4.39 Å². The first-order chi connectivity index (χ1) is 16.4. The van der Waals surface area contributed by atoms with E-state index in [-0.39, 0.29) is 12.6 Å². The maximum Gasteiger partial charge on any atom is 0.414 e. The van der Waals surface area contributed by atoms with E-state index in [4.69, 9.17) is 33.9 Å². The fraction of sp³-hybridized carbons (Fsp3) is 0.565. The summed E-state index contributed by atoms with van der Waals surface area (Å²) in [7, 11) is 0. The predicted octanol–water partition coefficient (Wildman–Crippen LogP) is 3.06. The Hall–Kier alpha value is -2.73. The molecule has 0 bridgehead atoms. The third-order valence-electron chi connectivity index (χ3n) is 5.45. The van der Waals surface area contributed by atoms with Crippen LogP contribution in [0.5, 0.6) is 0 Å². The molecule has 2 N–H and O–H groups in total. The molecule has 1 aromatic rings. The van der Waals surface area contributed by atoms with Crippen molar-refractivity contribution in [3.63, 3.8) is 0 Å². The van der Waals surface area contributed by atoms with Crippen LogP contribution in [0.2, 0.25) is 0 Å². The Labute approximate surface area is 215 Å². The number of hydrogen-bond acceptors (Lipinski definition) is 7. The van der Waals surface area contributed by atoms with E-state index in [1.165, 1.54) is 11.0 Å². The van der Waals surface area contributed by atoms with Crippen LogP contribution in [0.15, 0.2) is 18.2 Å². The zero-order valence-corrected chi connectivity index (χ0v) is 22.1. The average Bonchev–Trinajstić information content (AvgIpc) is 3.15. The highest BCUT2D eigenvalue weighted by atomic mass is 32.1. The standard InChI is InChI=1S/C23H32FN5O4S2/c1-15(34)25-12-17-14-29(22(31)32-17)16-5-6-19(18(24)11-16)27-7-9-28(10-8-27)20(35)13-26-21(30)33-23(2,3)4/h5-6,11,17H,7-10,12-14H2,1-4H3,(H,25,34)(H,26,30)/t17-/m0/s1. The molecule has 1 atom stereocenters. The summed E-state index contributed by atoms with van der Waals surface area (Å²) in [6, 6.07) is 4.77. The summed E-state index contributed by atoms with van der Waals surface area (Å²) in [6.07, 6.45) is -1.38. The number of alkyl carbamates (subject to hydrolysis) is 1. The summed E-state index contributed by atoms with van der Waals surface area (Å²) in [6.45, 7) is 10.4. The fourth-order valence-electron chi connectivity index (χ4n) is 3.79. The minimum atomic E-state index is -0.575. The molecule has 2 fully saturated rings. The van der Waals surface area contributed by atoms with E-state index in [0.717, 1.165) is 0 Å². The number of hydrogen-bond donors (Lipinski definition) is 2. The van der Waals surface area contributed by atoms with Crippen molar-refractivity contribution in [1.82, 2.24) is 15.5 Å². The lowest BCUT2D eigenvalue weighted by Gasteiger charge is -2.37. The number of thiocarbonyl (C=S) groups is 2. The summed E-state index contributed by atoms with van der Waals surface area (Å²) in [5, 5.41) is 5.65. The molecule has 192 valence electrons. The number of nitrogens with one attached hydrogen (secondary N) is 2. The average molecular weight is 526 g/mol. The van der Waals surface area contributed by atoms with Crippen molar-refractivity contribution in [3.05, 3.63) is 24.0 Å². The topological polar surface area (TPSA) is 86.4 Å². The Kier molecular flexibility index (Phi) is 8.70. The first-order valence-electron chi connectivity index (χ1n) is 11.4. The highest BCUT2D eigenvalue weighted by molar-refractivity contribution is 7.80. The van der Waals surface area contributed by atoms with Crippen LogP contribution >= 0.6 is 24.4 Å². The third-order valence-corrected chi connectivity index (χ3v) is 6.00. The molecule has 0 aromatic heterocycles. The predicted molar refractivity (Wildman–Crippen MR) is 141 cm³/mol. The molecule has 1 aromatic carbocycles. The number of benzene rings is 1. The molecule has 2 aliphatic rings. The molecule has 0 radical (unpaired) electrons. The molecule has 35 heavy (non-hydrogen) atoms. The van der Waals surface area contributed by atoms with Crippen LogP contribution in [0.25, 0.3) is 0 Å². The van der Waals surface area contributed by atoms with E-state index in [1.54, 1.807) is 39.8 Å². The van der Waals surface area contributed by atoms with Crippen molar-refractivity contribution in [2.45, 2.75) is 39.4 Å². The Morgan fingerprint density at radius 3 is 2.49 bits per heavy atom. The lowest BCUT2D eigenvalue weighted by Crippen LogP contribution is -2.51. The Morgan fingerprint density at radius 2 is 1.89 bits per heavy atom. The number of rotatable bonds is 6. The Bertz CT molecular complexity index is 979. The molecule has 0 aliphatic carbocycles. The van der Waals surface area contributed by atoms with Crippen LogP contribution in [0, 0.1) is 5.82 Å². The number of amides is 2. The second kappa shape index (κ2) is 11.3. The number of carbonyl (C=O) groups is 2. The van der Waals surface area contributed by atoms with Gasteiger partial charge >= 0.3 is 12.2 Å². The molecular formula is C23H32FN5O4S2. The lowest BCUT2D eigenvalue weighted by molar-refractivity contribution is 0.0535. The van der Waals surface area contributed by atoms with Crippen LogP contribution in [-0.4, -0.2) is 84.6 Å². The van der Waals surface area contributed by atoms with Gasteiger partial charge < -0.3 is 29.9 Å². The first kappa shape index (κ1) is 26.9. The molecule has 12 heteroatoms. The zero-order valence-electron chi connectivity index (χ0n) is 20.4. The minimum absolute atomic E-state index is 0.208. The summed E-state index contributed by atoms with van der Waals surface area (Å²) in [4.78, 5) is 30.7. The Morgan fingerprint density at radius 1 is 1.20 bits per heavy atom. The van der Waals surface area contributed by atoms with E-state index in [9.17, 15) is 9.59 Å². The van der Waals surface area contributed by atoms with E-state index in [0.29, 0.717) is 60.6 Å². The molecule has 3 rings (SSSR count). The van der Waals surface area contributed by atoms with E-state index in [1.807, 2.05) is 9.80 Å². The minimum Gasteiger partial charge on any atom is -0.444 e. The molecule has 2 saturated heterocycles. The molecule has 2 aliphatic heterocycles. The van der Waals surface area contributed by atoms with Crippen molar-refractivity contribution in [3.8, 4) is 0 Å². The first-order valence-corrected chi connectivity index (χ1v) is 12.3. The highest BCUT2D eigenvalue weighted by Crippen LogP contribution is 2.28. The van der Waals surface area contributed by atoms with Crippen LogP contribution in [-0.2, 0) is 9.47 Å². The van der Waals surface area contributed by atoms with Gasteiger partial charge in [-0.25, -0.2) is 14.0 Å². The van der Waals surface area contributed by atoms with Gasteiger partial charge in [0.2, 0.25) is 0 Å². The number of nitrogens with zero attached hydrogens (tertiary/aromatic N) is 3. The highest BCUT2D eigenvalue weighted by Gasteiger charge is 2.33. The molecule has 2 amide bonds. The number of carbonyl (C=O) groups excluding carboxylic acids is 2. The van der Waals surface area contributed by atoms with Crippen molar-refractivity contribution < 1.29 is 23.5 Å². The second-order valence-electron chi connectivity index (χ2n) is 9.41. The monoisotopic (exact) mass is 525 g/mol. The van der Waals surface area contributed by atoms with Gasteiger partial charge in [-0.2, -0.15) is 0 Å². The molecule has 0 unspecified atom stereocenters. The van der Waals surface area contributed by atoms with Gasteiger partial charge in [-0.05, 0) is 45.9 Å². The van der Waals surface area contributed by atoms with Crippen molar-refractivity contribution >= 4 is 58.0 Å². The molecule has 0 spiro atoms. The van der Waals surface area contributed by atoms with Gasteiger partial charge in [-0.1, -0.05) is 24.4 Å². The van der Waals surface area contributed by atoms with Crippen LogP contribution in [0.1, 0.15) is 27.7 Å². The summed E-state index contributed by atoms with van der Waals surface area (Å²) >= 11 is 10.4. The van der Waals surface area contributed by atoms with Crippen LogP contribution in [0.3, 0.4) is 0 Å². The number of ether oxygens (including phenoxy) is 2. The van der Waals surface area contributed by atoms with Gasteiger partial charge in [-0.3, -0.25) is 4.90 Å². The van der Waals surface area contributed by atoms with Crippen LogP contribution < -0.4 is 20.4 Å². The van der Waals surface area contributed by atoms with Gasteiger partial charge in [0.15, 0.2) is 0 Å². The largest absolute Gasteiger partial charge is 0.444 e. The molecule has 2 heterocycles. The van der Waals surface area contributed by atoms with Crippen molar-refractivity contribution in [2.24, 2.45) is 0 Å². The summed E-state index contributed by atoms with van der Waals surface area (Å²) in [5.74, 6) is -0.408. The third kappa shape index (κ3) is 7.63. The van der Waals surface area contributed by atoms with E-state index in [2.05, 4.69) is 10.6 Å². The van der Waals surface area contributed by atoms with Gasteiger partial charge in [-0.15, -0.1) is 0 Å². The normalized spacial score (nSPS) is 18.3. The quantitative estimate of drug-likeness (QED) is 0.544. The smallest absolute Gasteiger partial charge is 0.414 e. The molecular weight excluding hydrogens is 493 g/mol. The van der Waals surface area contributed by atoms with Crippen LogP contribution in [0.4, 0.5) is 25.4 Å². The van der Waals surface area contributed by atoms with Crippen molar-refractivity contribution in [2.75, 3.05) is 55.6 Å². The Balaban J connectivity index is 1.51. The summed E-state index contributed by atoms with van der Waals surface area (Å²) in [5.41, 5.74) is 0.341. The number of anilines is 2. The van der Waals surface area contributed by atoms with Gasteiger partial charge in [0.25, 0.3) is 0 Å². The van der Waals surface area contributed by atoms with Crippen molar-refractivity contribution in [1.29, 1.82) is 0 Å². The maximum absolute atomic E-state index is 15.0. The zero-order chi connectivity index (χ0) is 25.8. The molecule has 0 saturated carbocycles. The summed E-state index contributed by atoms with van der Waals surface area (Å²) < 4.78 is 25.6. The SMILES string of the molecule is CC(=S)NC[C@H]1CN(c2ccc(N3CCN(C(=S)CNC(=O)OC(C)(C)C)CC3)c(F)c2)C(=O)O1. The number of piperazine rings is 1. The fourth-order valence-corrected chi connectivity index (χ4v) is 4.12. The lowest BCUT2D eigenvalue weighted by atomic mass is 10.2. The number of halogens is 1. The van der Waals surface area contributed by atoms with E-state index < -0.39 is 23.6 Å². The molecule has 9 nitrogen and oxygen atoms in total. The number of cyclic esters (lactones) is 1. The maximum atomic E-state index is 15.0. The van der Waals surface area contributed by atoms with Gasteiger partial charge in [0, 0.05) is 26.2 Å². The van der Waals surface area contributed by atoms with Gasteiger partial charge in [0.05, 0.1) is 41.0 Å². The second-order valence-corrected chi connectivity index (χ2v) is 10.5. The van der Waals surface area contributed by atoms with Gasteiger partial charge in [0.1, 0.15) is 17.5 Å².